The van der Waals surface area contributed by atoms with E-state index in [1.807, 2.05) is 0 Å². The fraction of sp³-hybridized carbons (Fsp3) is 0.875. The molecule has 4 aliphatic carbocycles. The summed E-state index contributed by atoms with van der Waals surface area (Å²) in [5.74, 6) is 12.4. The predicted molar refractivity (Wildman–Crippen MR) is 114 cm³/mol. The maximum atomic E-state index is 13.2. The molecule has 0 spiro atoms. The molecular weight excluding hydrogens is 346 g/mol. The highest BCUT2D eigenvalue weighted by molar-refractivity contribution is 5.84. The van der Waals surface area contributed by atoms with E-state index >= 15 is 0 Å². The second-order valence-corrected chi connectivity index (χ2v) is 11.1. The topological polar surface area (TPSA) is 72.3 Å². The first-order valence-corrected chi connectivity index (χ1v) is 11.8. The van der Waals surface area contributed by atoms with Crippen LogP contribution < -0.4 is 11.6 Å². The van der Waals surface area contributed by atoms with Gasteiger partial charge < -0.3 is 10.7 Å². The summed E-state index contributed by atoms with van der Waals surface area (Å²) < 4.78 is 0. The molecule has 0 aromatic carbocycles. The Labute approximate surface area is 171 Å². The predicted octanol–water partition coefficient (Wildman–Crippen LogP) is 4.31. The molecule has 0 radical (unpaired) electrons. The molecule has 9 unspecified atom stereocenters. The van der Waals surface area contributed by atoms with Crippen LogP contribution in [0.25, 0.3) is 0 Å². The van der Waals surface area contributed by atoms with Gasteiger partial charge in [-0.05, 0) is 91.8 Å². The minimum Gasteiger partial charge on any atom is -0.403 e. The van der Waals surface area contributed by atoms with E-state index in [0.717, 1.165) is 41.9 Å². The Morgan fingerprint density at radius 1 is 1.07 bits per heavy atom. The van der Waals surface area contributed by atoms with E-state index in [1.54, 1.807) is 6.20 Å². The molecule has 0 aromatic heterocycles. The lowest BCUT2D eigenvalue weighted by Crippen LogP contribution is -2.50. The second-order valence-electron chi connectivity index (χ2n) is 11.1. The van der Waals surface area contributed by atoms with Crippen molar-refractivity contribution in [2.24, 2.45) is 64.3 Å². The molecule has 9 atom stereocenters. The van der Waals surface area contributed by atoms with E-state index in [1.165, 1.54) is 56.2 Å². The van der Waals surface area contributed by atoms with E-state index in [0.29, 0.717) is 11.7 Å². The number of Topliss-reactive ketones (excluding diaryl/α,β-unsaturated/α-hetero) is 1. The third kappa shape index (κ3) is 3.30. The van der Waals surface area contributed by atoms with E-state index in [4.69, 9.17) is 11.6 Å². The van der Waals surface area contributed by atoms with Crippen molar-refractivity contribution in [1.82, 2.24) is 5.01 Å². The minimum atomic E-state index is 0.162. The van der Waals surface area contributed by atoms with Crippen LogP contribution in [0.4, 0.5) is 0 Å². The number of rotatable bonds is 4. The van der Waals surface area contributed by atoms with Gasteiger partial charge in [0.05, 0.1) is 6.54 Å². The molecule has 4 aliphatic rings. The second kappa shape index (κ2) is 7.66. The average molecular weight is 388 g/mol. The van der Waals surface area contributed by atoms with Crippen molar-refractivity contribution in [2.75, 3.05) is 6.54 Å². The number of fused-ring (bicyclic) bond motifs is 5. The van der Waals surface area contributed by atoms with Gasteiger partial charge in [0.2, 0.25) is 0 Å². The van der Waals surface area contributed by atoms with Gasteiger partial charge in [-0.25, -0.2) is 5.84 Å². The molecule has 158 valence electrons. The van der Waals surface area contributed by atoms with Crippen LogP contribution in [0.2, 0.25) is 0 Å². The third-order valence-electron chi connectivity index (χ3n) is 9.53. The van der Waals surface area contributed by atoms with Crippen molar-refractivity contribution in [3.05, 3.63) is 12.4 Å². The zero-order valence-electron chi connectivity index (χ0n) is 18.1. The highest BCUT2D eigenvalue weighted by atomic mass is 16.1. The van der Waals surface area contributed by atoms with E-state index in [9.17, 15) is 4.79 Å². The Hall–Kier alpha value is -1.03. The first kappa shape index (κ1) is 20.3. The fourth-order valence-corrected chi connectivity index (χ4v) is 8.58. The van der Waals surface area contributed by atoms with Gasteiger partial charge in [0.15, 0.2) is 5.78 Å². The summed E-state index contributed by atoms with van der Waals surface area (Å²) in [6.07, 6.45) is 13.8. The lowest BCUT2D eigenvalue weighted by Gasteiger charge is -2.56. The molecule has 0 amide bonds. The highest BCUT2D eigenvalue weighted by Crippen LogP contribution is 2.66. The molecule has 4 heteroatoms. The maximum absolute atomic E-state index is 13.2. The number of carbonyl (C=O) groups is 1. The number of hydrazine groups is 1. The SMILES string of the molecule is CC1CCC2C(CCC3C2CCC2(C)C(C(=O)CN(N)/C=C\N)CC(C)C32)C1. The van der Waals surface area contributed by atoms with Crippen molar-refractivity contribution in [3.63, 3.8) is 0 Å². The molecule has 0 heterocycles. The third-order valence-corrected chi connectivity index (χ3v) is 9.53. The molecule has 4 rings (SSSR count). The van der Waals surface area contributed by atoms with Crippen molar-refractivity contribution >= 4 is 5.78 Å². The zero-order valence-corrected chi connectivity index (χ0v) is 18.1. The van der Waals surface area contributed by atoms with Gasteiger partial charge in [0, 0.05) is 18.3 Å². The molecule has 4 fully saturated rings. The summed E-state index contributed by atoms with van der Waals surface area (Å²) in [6, 6.07) is 0. The Balaban J connectivity index is 1.52. The average Bonchev–Trinajstić information content (AvgIpc) is 2.92. The van der Waals surface area contributed by atoms with E-state index in [2.05, 4.69) is 20.8 Å². The summed E-state index contributed by atoms with van der Waals surface area (Å²) in [7, 11) is 0. The number of ketones is 1. The van der Waals surface area contributed by atoms with Crippen molar-refractivity contribution in [1.29, 1.82) is 0 Å². The number of hydrogen-bond donors (Lipinski definition) is 2. The highest BCUT2D eigenvalue weighted by Gasteiger charge is 2.60. The van der Waals surface area contributed by atoms with Crippen LogP contribution in [-0.4, -0.2) is 17.3 Å². The van der Waals surface area contributed by atoms with Crippen LogP contribution in [0.1, 0.15) is 72.1 Å². The Morgan fingerprint density at radius 3 is 2.57 bits per heavy atom. The quantitative estimate of drug-likeness (QED) is 0.557. The smallest absolute Gasteiger partial charge is 0.157 e. The molecule has 0 saturated heterocycles. The monoisotopic (exact) mass is 387 g/mol. The van der Waals surface area contributed by atoms with Crippen LogP contribution in [0.15, 0.2) is 12.4 Å². The van der Waals surface area contributed by atoms with E-state index < -0.39 is 0 Å². The number of carbonyl (C=O) groups excluding carboxylic acids is 1. The van der Waals surface area contributed by atoms with Crippen LogP contribution in [0, 0.1) is 52.8 Å². The zero-order chi connectivity index (χ0) is 20.1. The fourth-order valence-electron chi connectivity index (χ4n) is 8.58. The molecule has 0 aliphatic heterocycles. The summed E-state index contributed by atoms with van der Waals surface area (Å²) in [4.78, 5) is 13.2. The number of nitrogens with zero attached hydrogens (tertiary/aromatic N) is 1. The molecular formula is C24H41N3O. The van der Waals surface area contributed by atoms with Crippen LogP contribution >= 0.6 is 0 Å². The summed E-state index contributed by atoms with van der Waals surface area (Å²) in [6.45, 7) is 7.60. The molecule has 0 bridgehead atoms. The van der Waals surface area contributed by atoms with Gasteiger partial charge in [0.1, 0.15) is 0 Å². The van der Waals surface area contributed by atoms with Crippen molar-refractivity contribution in [3.8, 4) is 0 Å². The lowest BCUT2D eigenvalue weighted by molar-refractivity contribution is -0.131. The van der Waals surface area contributed by atoms with Gasteiger partial charge in [-0.1, -0.05) is 27.2 Å². The summed E-state index contributed by atoms with van der Waals surface area (Å²) in [5.41, 5.74) is 5.60. The Bertz CT molecular complexity index is 619. The van der Waals surface area contributed by atoms with Gasteiger partial charge in [-0.15, -0.1) is 0 Å². The van der Waals surface area contributed by atoms with Gasteiger partial charge in [0.25, 0.3) is 0 Å². The standard InChI is InChI=1S/C24H41N3O/c1-15-4-6-18-17(12-15)5-7-20-19(18)8-9-24(3)21(13-16(2)23(20)24)22(28)14-27(26)11-10-25/h10-11,15-21,23H,4-9,12-14,25-26H2,1-3H3/b11-10-. The van der Waals surface area contributed by atoms with E-state index in [-0.39, 0.29) is 17.9 Å². The molecule has 4 saturated carbocycles. The normalized spacial score (nSPS) is 48.0. The maximum Gasteiger partial charge on any atom is 0.157 e. The van der Waals surface area contributed by atoms with Gasteiger partial charge >= 0.3 is 0 Å². The molecule has 4 nitrogen and oxygen atoms in total. The lowest BCUT2D eigenvalue weighted by atomic mass is 9.48. The van der Waals surface area contributed by atoms with Crippen LogP contribution in [0.5, 0.6) is 0 Å². The largest absolute Gasteiger partial charge is 0.403 e. The van der Waals surface area contributed by atoms with Gasteiger partial charge in [-0.2, -0.15) is 0 Å². The molecule has 0 aromatic rings. The summed E-state index contributed by atoms with van der Waals surface area (Å²) >= 11 is 0. The van der Waals surface area contributed by atoms with Crippen LogP contribution in [-0.2, 0) is 4.79 Å². The van der Waals surface area contributed by atoms with Crippen LogP contribution in [0.3, 0.4) is 0 Å². The molecule has 4 N–H and O–H groups in total. The molecule has 28 heavy (non-hydrogen) atoms. The number of nitrogens with two attached hydrogens (primary N) is 2. The van der Waals surface area contributed by atoms with Gasteiger partial charge in [-0.3, -0.25) is 4.79 Å². The van der Waals surface area contributed by atoms with Crippen molar-refractivity contribution in [2.45, 2.75) is 72.1 Å². The Morgan fingerprint density at radius 2 is 1.82 bits per heavy atom. The minimum absolute atomic E-state index is 0.162. The summed E-state index contributed by atoms with van der Waals surface area (Å²) in [5, 5.41) is 1.45. The number of hydrogen-bond acceptors (Lipinski definition) is 4. The first-order chi connectivity index (χ1) is 13.3. The Kier molecular flexibility index (Phi) is 5.54. The van der Waals surface area contributed by atoms with Crippen molar-refractivity contribution < 1.29 is 4.79 Å². The first-order valence-electron chi connectivity index (χ1n) is 11.8.